The van der Waals surface area contributed by atoms with Gasteiger partial charge in [-0.25, -0.2) is 9.78 Å². The van der Waals surface area contributed by atoms with E-state index in [1.54, 1.807) is 11.9 Å². The van der Waals surface area contributed by atoms with Crippen molar-refractivity contribution in [3.05, 3.63) is 60.0 Å². The number of fused-ring (bicyclic) bond motifs is 1. The summed E-state index contributed by atoms with van der Waals surface area (Å²) in [6.45, 7) is 4.56. The molecule has 1 aliphatic heterocycles. The Morgan fingerprint density at radius 2 is 1.93 bits per heavy atom. The lowest BCUT2D eigenvalue weighted by Crippen LogP contribution is -2.38. The van der Waals surface area contributed by atoms with Crippen molar-refractivity contribution in [1.29, 1.82) is 0 Å². The first kappa shape index (κ1) is 20.3. The molecule has 1 aromatic carbocycles. The van der Waals surface area contributed by atoms with Gasteiger partial charge in [-0.05, 0) is 49.6 Å². The van der Waals surface area contributed by atoms with Crippen LogP contribution in [0.3, 0.4) is 0 Å². The normalized spacial score (nSPS) is 15.6. The summed E-state index contributed by atoms with van der Waals surface area (Å²) in [5, 5.41) is 4.07. The predicted molar refractivity (Wildman–Crippen MR) is 120 cm³/mol. The summed E-state index contributed by atoms with van der Waals surface area (Å²) in [5.74, 6) is 1.79. The molecule has 1 saturated heterocycles. The van der Waals surface area contributed by atoms with Crippen LogP contribution in [0.25, 0.3) is 11.0 Å². The molecule has 3 aromatic rings. The van der Waals surface area contributed by atoms with Gasteiger partial charge in [0.15, 0.2) is 0 Å². The van der Waals surface area contributed by atoms with Gasteiger partial charge in [-0.15, -0.1) is 0 Å². The van der Waals surface area contributed by atoms with Gasteiger partial charge in [0.1, 0.15) is 17.2 Å². The Kier molecular flexibility index (Phi) is 6.21. The number of urea groups is 1. The fourth-order valence-electron chi connectivity index (χ4n) is 3.92. The van der Waals surface area contributed by atoms with E-state index in [1.165, 1.54) is 25.7 Å². The number of nitrogens with zero attached hydrogens (tertiary/aromatic N) is 3. The summed E-state index contributed by atoms with van der Waals surface area (Å²) >= 11 is 0. The van der Waals surface area contributed by atoms with Crippen molar-refractivity contribution in [1.82, 2.24) is 15.2 Å². The number of hydrogen-bond donors (Lipinski definition) is 1. The Labute approximate surface area is 177 Å². The van der Waals surface area contributed by atoms with Gasteiger partial charge in [-0.3, -0.25) is 0 Å². The van der Waals surface area contributed by atoms with Crippen molar-refractivity contribution in [3.8, 4) is 0 Å². The number of anilines is 1. The highest BCUT2D eigenvalue weighted by Gasteiger charge is 2.20. The molecule has 4 rings (SSSR count). The van der Waals surface area contributed by atoms with Crippen LogP contribution in [0.1, 0.15) is 50.0 Å². The number of furan rings is 1. The minimum Gasteiger partial charge on any atom is -0.459 e. The third kappa shape index (κ3) is 4.58. The lowest BCUT2D eigenvalue weighted by atomic mass is 10.2. The summed E-state index contributed by atoms with van der Waals surface area (Å²) in [7, 11) is 1.79. The molecule has 1 atom stereocenters. The largest absolute Gasteiger partial charge is 0.459 e. The molecule has 30 heavy (non-hydrogen) atoms. The van der Waals surface area contributed by atoms with Crippen molar-refractivity contribution in [2.24, 2.45) is 0 Å². The van der Waals surface area contributed by atoms with Gasteiger partial charge in [-0.1, -0.05) is 31.0 Å². The minimum atomic E-state index is -0.164. The third-order valence-electron chi connectivity index (χ3n) is 5.94. The van der Waals surface area contributed by atoms with Gasteiger partial charge in [0.25, 0.3) is 0 Å². The molecular formula is C24H30N4O2. The van der Waals surface area contributed by atoms with E-state index in [0.717, 1.165) is 41.2 Å². The zero-order valence-electron chi connectivity index (χ0n) is 17.8. The maximum Gasteiger partial charge on any atom is 0.318 e. The van der Waals surface area contributed by atoms with Crippen molar-refractivity contribution < 1.29 is 9.21 Å². The van der Waals surface area contributed by atoms with Crippen molar-refractivity contribution in [3.63, 3.8) is 0 Å². The topological polar surface area (TPSA) is 61.6 Å². The van der Waals surface area contributed by atoms with E-state index in [2.05, 4.69) is 21.3 Å². The SMILES string of the molecule is CC(c1cc2ccccc2o1)N(C)C(=O)NCc1ccnc(N2CCCCCC2)c1. The average molecular weight is 407 g/mol. The quantitative estimate of drug-likeness (QED) is 0.639. The maximum atomic E-state index is 12.7. The van der Waals surface area contributed by atoms with Crippen LogP contribution >= 0.6 is 0 Å². The zero-order valence-corrected chi connectivity index (χ0v) is 17.8. The number of amides is 2. The molecule has 0 saturated carbocycles. The summed E-state index contributed by atoms with van der Waals surface area (Å²) in [6, 6.07) is 13.7. The van der Waals surface area contributed by atoms with Crippen LogP contribution in [0.2, 0.25) is 0 Å². The Morgan fingerprint density at radius 3 is 2.70 bits per heavy atom. The number of carbonyl (C=O) groups is 1. The van der Waals surface area contributed by atoms with Crippen LogP contribution in [0.15, 0.2) is 53.1 Å². The number of benzene rings is 1. The number of carbonyl (C=O) groups excluding carboxylic acids is 1. The lowest BCUT2D eigenvalue weighted by molar-refractivity contribution is 0.187. The molecule has 6 heteroatoms. The molecule has 0 bridgehead atoms. The average Bonchev–Trinajstić information content (AvgIpc) is 3.02. The molecule has 1 aliphatic rings. The first-order valence-electron chi connectivity index (χ1n) is 10.8. The number of aromatic nitrogens is 1. The summed E-state index contributed by atoms with van der Waals surface area (Å²) in [6.07, 6.45) is 6.85. The Morgan fingerprint density at radius 1 is 1.17 bits per heavy atom. The molecule has 3 heterocycles. The molecule has 0 spiro atoms. The van der Waals surface area contributed by atoms with Gasteiger partial charge in [-0.2, -0.15) is 0 Å². The molecule has 158 valence electrons. The van der Waals surface area contributed by atoms with Crippen molar-refractivity contribution >= 4 is 22.8 Å². The predicted octanol–water partition coefficient (Wildman–Crippen LogP) is 5.11. The second-order valence-electron chi connectivity index (χ2n) is 8.06. The Balaban J connectivity index is 1.37. The number of hydrogen-bond acceptors (Lipinski definition) is 4. The molecule has 2 aromatic heterocycles. The molecular weight excluding hydrogens is 376 g/mol. The van der Waals surface area contributed by atoms with Crippen LogP contribution in [-0.4, -0.2) is 36.1 Å². The summed E-state index contributed by atoms with van der Waals surface area (Å²) in [5.41, 5.74) is 1.90. The van der Waals surface area contributed by atoms with Crippen molar-refractivity contribution in [2.45, 2.75) is 45.2 Å². The number of rotatable bonds is 5. The van der Waals surface area contributed by atoms with Gasteiger partial charge >= 0.3 is 6.03 Å². The highest BCUT2D eigenvalue weighted by Crippen LogP contribution is 2.26. The fourth-order valence-corrected chi connectivity index (χ4v) is 3.92. The Bertz CT molecular complexity index is 959. The van der Waals surface area contributed by atoms with E-state index in [1.807, 2.05) is 49.5 Å². The van der Waals surface area contributed by atoms with Crippen LogP contribution < -0.4 is 10.2 Å². The monoisotopic (exact) mass is 406 g/mol. The van der Waals surface area contributed by atoms with Gasteiger partial charge in [0, 0.05) is 38.3 Å². The summed E-state index contributed by atoms with van der Waals surface area (Å²) in [4.78, 5) is 21.3. The second kappa shape index (κ2) is 9.20. The van der Waals surface area contributed by atoms with Gasteiger partial charge < -0.3 is 19.5 Å². The van der Waals surface area contributed by atoms with Crippen LogP contribution in [0, 0.1) is 0 Å². The van der Waals surface area contributed by atoms with Crippen LogP contribution in [-0.2, 0) is 6.54 Å². The minimum absolute atomic E-state index is 0.129. The molecule has 1 fully saturated rings. The molecule has 2 amide bonds. The van der Waals surface area contributed by atoms with Crippen LogP contribution in [0.5, 0.6) is 0 Å². The van der Waals surface area contributed by atoms with Crippen molar-refractivity contribution in [2.75, 3.05) is 25.0 Å². The first-order valence-corrected chi connectivity index (χ1v) is 10.8. The molecule has 1 unspecified atom stereocenters. The van der Waals surface area contributed by atoms with E-state index >= 15 is 0 Å². The first-order chi connectivity index (χ1) is 14.6. The zero-order chi connectivity index (χ0) is 20.9. The number of nitrogens with one attached hydrogen (secondary N) is 1. The van der Waals surface area contributed by atoms with E-state index < -0.39 is 0 Å². The van der Waals surface area contributed by atoms with Crippen LogP contribution in [0.4, 0.5) is 10.6 Å². The maximum absolute atomic E-state index is 12.7. The lowest BCUT2D eigenvalue weighted by Gasteiger charge is -2.24. The molecule has 6 nitrogen and oxygen atoms in total. The highest BCUT2D eigenvalue weighted by atomic mass is 16.3. The van der Waals surface area contributed by atoms with Gasteiger partial charge in [0.2, 0.25) is 0 Å². The molecule has 0 aliphatic carbocycles. The summed E-state index contributed by atoms with van der Waals surface area (Å²) < 4.78 is 5.92. The number of pyridine rings is 1. The third-order valence-corrected chi connectivity index (χ3v) is 5.94. The van der Waals surface area contributed by atoms with E-state index in [0.29, 0.717) is 6.54 Å². The second-order valence-corrected chi connectivity index (χ2v) is 8.06. The fraction of sp³-hybridized carbons (Fsp3) is 0.417. The van der Waals surface area contributed by atoms with E-state index in [4.69, 9.17) is 4.42 Å². The Hall–Kier alpha value is -3.02. The molecule has 1 N–H and O–H groups in total. The number of para-hydroxylation sites is 1. The smallest absolute Gasteiger partial charge is 0.318 e. The van der Waals surface area contributed by atoms with Gasteiger partial charge in [0.05, 0.1) is 6.04 Å². The van der Waals surface area contributed by atoms with E-state index in [-0.39, 0.29) is 12.1 Å². The standard InChI is InChI=1S/C24H30N4O2/c1-18(22-16-20-9-5-6-10-21(20)30-22)27(2)24(29)26-17-19-11-12-25-23(15-19)28-13-7-3-4-8-14-28/h5-6,9-12,15-16,18H,3-4,7-8,13-14,17H2,1-2H3,(H,26,29). The molecule has 0 radical (unpaired) electrons. The highest BCUT2D eigenvalue weighted by molar-refractivity contribution is 5.78. The van der Waals surface area contributed by atoms with E-state index in [9.17, 15) is 4.79 Å².